The lowest BCUT2D eigenvalue weighted by atomic mass is 10.2. The molecular weight excluding hydrogens is 166 g/mol. The van der Waals surface area contributed by atoms with Crippen LogP contribution >= 0.6 is 0 Å². The molecule has 0 aliphatic rings. The van der Waals surface area contributed by atoms with Gasteiger partial charge < -0.3 is 10.4 Å². The second-order valence-electron chi connectivity index (χ2n) is 3.01. The van der Waals surface area contributed by atoms with Crippen molar-refractivity contribution in [3.63, 3.8) is 0 Å². The normalized spacial score (nSPS) is 12.5. The van der Waals surface area contributed by atoms with Crippen LogP contribution in [0.15, 0.2) is 18.6 Å². The second kappa shape index (κ2) is 5.48. The van der Waals surface area contributed by atoms with Crippen molar-refractivity contribution in [2.45, 2.75) is 25.8 Å². The molecule has 72 valence electrons. The molecule has 0 radical (unpaired) electrons. The first-order valence-corrected chi connectivity index (χ1v) is 4.46. The van der Waals surface area contributed by atoms with Gasteiger partial charge >= 0.3 is 0 Å². The highest BCUT2D eigenvalue weighted by atomic mass is 16.2. The van der Waals surface area contributed by atoms with Crippen molar-refractivity contribution in [3.8, 4) is 0 Å². The molecule has 1 rings (SSSR count). The van der Waals surface area contributed by atoms with Crippen LogP contribution in [0, 0.1) is 0 Å². The minimum atomic E-state index is 0.246. The Balaban J connectivity index is 2.32. The van der Waals surface area contributed by atoms with Crippen LogP contribution < -0.4 is 5.32 Å². The summed E-state index contributed by atoms with van der Waals surface area (Å²) >= 11 is 0. The zero-order valence-corrected chi connectivity index (χ0v) is 7.77. The fraction of sp³-hybridized carbons (Fsp3) is 0.556. The van der Waals surface area contributed by atoms with Crippen molar-refractivity contribution in [1.82, 2.24) is 9.97 Å². The zero-order chi connectivity index (χ0) is 9.52. The van der Waals surface area contributed by atoms with E-state index in [-0.39, 0.29) is 6.61 Å². The summed E-state index contributed by atoms with van der Waals surface area (Å²) in [6.07, 6.45) is 4.98. The minimum absolute atomic E-state index is 0.246. The molecule has 1 heterocycles. The number of nitrogens with one attached hydrogen (secondary N) is 1. The Kier molecular flexibility index (Phi) is 4.18. The molecule has 4 heteroatoms. The van der Waals surface area contributed by atoms with E-state index in [2.05, 4.69) is 22.2 Å². The van der Waals surface area contributed by atoms with Crippen molar-refractivity contribution < 1.29 is 5.11 Å². The van der Waals surface area contributed by atoms with Crippen LogP contribution in [0.2, 0.25) is 0 Å². The lowest BCUT2D eigenvalue weighted by Crippen LogP contribution is -2.16. The summed E-state index contributed by atoms with van der Waals surface area (Å²) in [6, 6.07) is 2.16. The van der Waals surface area contributed by atoms with Crippen LogP contribution in [0.25, 0.3) is 0 Å². The lowest BCUT2D eigenvalue weighted by molar-refractivity contribution is 0.282. The number of aromatic nitrogens is 2. The minimum Gasteiger partial charge on any atom is -0.396 e. The average molecular weight is 181 g/mol. The zero-order valence-electron chi connectivity index (χ0n) is 7.77. The molecule has 2 N–H and O–H groups in total. The van der Waals surface area contributed by atoms with Gasteiger partial charge in [0.15, 0.2) is 0 Å². The Hall–Kier alpha value is -1.16. The molecule has 1 atom stereocenters. The van der Waals surface area contributed by atoms with E-state index in [1.54, 1.807) is 6.20 Å². The van der Waals surface area contributed by atoms with Crippen LogP contribution in [0.4, 0.5) is 5.82 Å². The fourth-order valence-corrected chi connectivity index (χ4v) is 1.10. The number of aliphatic hydroxyl groups excluding tert-OH is 1. The molecule has 0 saturated heterocycles. The van der Waals surface area contributed by atoms with Gasteiger partial charge in [-0.15, -0.1) is 0 Å². The van der Waals surface area contributed by atoms with E-state index >= 15 is 0 Å². The third-order valence-corrected chi connectivity index (χ3v) is 1.77. The van der Waals surface area contributed by atoms with E-state index in [0.717, 1.165) is 18.7 Å². The summed E-state index contributed by atoms with van der Waals surface area (Å²) in [5.41, 5.74) is 0. The molecular formula is C9H15N3O. The number of rotatable bonds is 5. The highest BCUT2D eigenvalue weighted by Gasteiger charge is 2.00. The standard InChI is InChI=1S/C9H15N3O/c1-8(3-2-6-13)12-9-4-5-10-7-11-9/h4-5,7-8,13H,2-3,6H2,1H3,(H,10,11,12). The Morgan fingerprint density at radius 1 is 1.62 bits per heavy atom. The molecule has 4 nitrogen and oxygen atoms in total. The van der Waals surface area contributed by atoms with Gasteiger partial charge in [0, 0.05) is 18.8 Å². The number of aliphatic hydroxyl groups is 1. The molecule has 0 aromatic carbocycles. The number of hydrogen-bond donors (Lipinski definition) is 2. The Morgan fingerprint density at radius 3 is 3.08 bits per heavy atom. The molecule has 1 aromatic rings. The van der Waals surface area contributed by atoms with Gasteiger partial charge in [-0.1, -0.05) is 0 Å². The summed E-state index contributed by atoms with van der Waals surface area (Å²) in [4.78, 5) is 7.87. The number of hydrogen-bond acceptors (Lipinski definition) is 4. The summed E-state index contributed by atoms with van der Waals surface area (Å²) in [6.45, 7) is 2.31. The molecule has 1 aromatic heterocycles. The summed E-state index contributed by atoms with van der Waals surface area (Å²) in [5.74, 6) is 0.834. The van der Waals surface area contributed by atoms with E-state index in [0.29, 0.717) is 6.04 Å². The fourth-order valence-electron chi connectivity index (χ4n) is 1.10. The van der Waals surface area contributed by atoms with Crippen molar-refractivity contribution in [1.29, 1.82) is 0 Å². The highest BCUT2D eigenvalue weighted by molar-refractivity contribution is 5.32. The summed E-state index contributed by atoms with van der Waals surface area (Å²) < 4.78 is 0. The van der Waals surface area contributed by atoms with E-state index < -0.39 is 0 Å². The van der Waals surface area contributed by atoms with E-state index in [9.17, 15) is 0 Å². The van der Waals surface area contributed by atoms with Gasteiger partial charge in [0.2, 0.25) is 0 Å². The van der Waals surface area contributed by atoms with Crippen LogP contribution in [0.5, 0.6) is 0 Å². The highest BCUT2D eigenvalue weighted by Crippen LogP contribution is 2.04. The summed E-state index contributed by atoms with van der Waals surface area (Å²) in [5, 5.41) is 11.8. The van der Waals surface area contributed by atoms with E-state index in [4.69, 9.17) is 5.11 Å². The van der Waals surface area contributed by atoms with Gasteiger partial charge in [-0.05, 0) is 25.8 Å². The lowest BCUT2D eigenvalue weighted by Gasteiger charge is -2.12. The molecule has 13 heavy (non-hydrogen) atoms. The first-order valence-electron chi connectivity index (χ1n) is 4.46. The van der Waals surface area contributed by atoms with Gasteiger partial charge in [-0.3, -0.25) is 0 Å². The third kappa shape index (κ3) is 3.85. The van der Waals surface area contributed by atoms with Gasteiger partial charge in [0.1, 0.15) is 12.1 Å². The maximum Gasteiger partial charge on any atom is 0.129 e. The molecule has 0 aliphatic heterocycles. The predicted molar refractivity (Wildman–Crippen MR) is 51.4 cm³/mol. The molecule has 0 fully saturated rings. The van der Waals surface area contributed by atoms with Crippen LogP contribution in [0.1, 0.15) is 19.8 Å². The monoisotopic (exact) mass is 181 g/mol. The van der Waals surface area contributed by atoms with E-state index in [1.807, 2.05) is 6.07 Å². The quantitative estimate of drug-likeness (QED) is 0.712. The Labute approximate surface area is 78.0 Å². The topological polar surface area (TPSA) is 58.0 Å². The maximum atomic E-state index is 8.63. The number of anilines is 1. The Bertz CT molecular complexity index is 228. The third-order valence-electron chi connectivity index (χ3n) is 1.77. The molecule has 0 amide bonds. The van der Waals surface area contributed by atoms with E-state index in [1.165, 1.54) is 6.33 Å². The molecule has 0 bridgehead atoms. The molecule has 0 spiro atoms. The average Bonchev–Trinajstić information content (AvgIpc) is 2.16. The second-order valence-corrected chi connectivity index (χ2v) is 3.01. The number of nitrogens with zero attached hydrogens (tertiary/aromatic N) is 2. The van der Waals surface area contributed by atoms with Crippen LogP contribution in [-0.4, -0.2) is 27.7 Å². The summed E-state index contributed by atoms with van der Waals surface area (Å²) in [7, 11) is 0. The van der Waals surface area contributed by atoms with Crippen LogP contribution in [0.3, 0.4) is 0 Å². The van der Waals surface area contributed by atoms with Gasteiger partial charge in [-0.25, -0.2) is 9.97 Å². The largest absolute Gasteiger partial charge is 0.396 e. The van der Waals surface area contributed by atoms with Crippen molar-refractivity contribution in [3.05, 3.63) is 18.6 Å². The first kappa shape index (κ1) is 9.92. The first-order chi connectivity index (χ1) is 6.33. The molecule has 1 unspecified atom stereocenters. The SMILES string of the molecule is CC(CCCO)Nc1ccncn1. The van der Waals surface area contributed by atoms with Crippen molar-refractivity contribution >= 4 is 5.82 Å². The van der Waals surface area contributed by atoms with Gasteiger partial charge in [0.05, 0.1) is 0 Å². The van der Waals surface area contributed by atoms with Gasteiger partial charge in [-0.2, -0.15) is 0 Å². The van der Waals surface area contributed by atoms with Crippen molar-refractivity contribution in [2.75, 3.05) is 11.9 Å². The predicted octanol–water partition coefficient (Wildman–Crippen LogP) is 1.05. The van der Waals surface area contributed by atoms with Crippen LogP contribution in [-0.2, 0) is 0 Å². The smallest absolute Gasteiger partial charge is 0.129 e. The molecule has 0 aliphatic carbocycles. The van der Waals surface area contributed by atoms with Crippen molar-refractivity contribution in [2.24, 2.45) is 0 Å². The Morgan fingerprint density at radius 2 is 2.46 bits per heavy atom. The van der Waals surface area contributed by atoms with Gasteiger partial charge in [0.25, 0.3) is 0 Å². The maximum absolute atomic E-state index is 8.63. The molecule has 0 saturated carbocycles.